The van der Waals surface area contributed by atoms with Crippen molar-refractivity contribution in [2.24, 2.45) is 17.6 Å². The third-order valence-electron chi connectivity index (χ3n) is 4.06. The van der Waals surface area contributed by atoms with Crippen molar-refractivity contribution in [3.05, 3.63) is 0 Å². The molecule has 3 heteroatoms. The summed E-state index contributed by atoms with van der Waals surface area (Å²) >= 11 is 0. The maximum Gasteiger partial charge on any atom is 0.140 e. The van der Waals surface area contributed by atoms with E-state index in [0.29, 0.717) is 5.78 Å². The molecule has 1 saturated heterocycles. The van der Waals surface area contributed by atoms with Gasteiger partial charge >= 0.3 is 0 Å². The number of ketones is 1. The zero-order valence-electron chi connectivity index (χ0n) is 9.99. The van der Waals surface area contributed by atoms with Crippen LogP contribution in [0.25, 0.3) is 0 Å². The third-order valence-corrected chi connectivity index (χ3v) is 4.06. The number of carbonyl (C=O) groups is 1. The first kappa shape index (κ1) is 12.1. The minimum Gasteiger partial charge on any atom is -0.381 e. The Bertz CT molecular complexity index is 236. The Balaban J connectivity index is 1.95. The second kappa shape index (κ2) is 5.78. The van der Waals surface area contributed by atoms with Crippen LogP contribution in [0, 0.1) is 11.8 Å². The lowest BCUT2D eigenvalue weighted by Gasteiger charge is -2.27. The molecule has 3 nitrogen and oxygen atoms in total. The molecule has 0 aromatic carbocycles. The first-order valence-corrected chi connectivity index (χ1v) is 6.66. The van der Waals surface area contributed by atoms with E-state index in [1.54, 1.807) is 0 Å². The summed E-state index contributed by atoms with van der Waals surface area (Å²) in [6.45, 7) is 1.50. The van der Waals surface area contributed by atoms with Crippen molar-refractivity contribution in [3.63, 3.8) is 0 Å². The molecule has 2 aliphatic rings. The van der Waals surface area contributed by atoms with Gasteiger partial charge in [-0.3, -0.25) is 4.79 Å². The molecular weight excluding hydrogens is 202 g/mol. The normalized spacial score (nSPS) is 33.3. The van der Waals surface area contributed by atoms with E-state index in [9.17, 15) is 4.79 Å². The summed E-state index contributed by atoms with van der Waals surface area (Å²) in [5, 5.41) is 0. The van der Waals surface area contributed by atoms with Crippen molar-refractivity contribution in [2.75, 3.05) is 13.2 Å². The van der Waals surface area contributed by atoms with Crippen molar-refractivity contribution >= 4 is 5.78 Å². The van der Waals surface area contributed by atoms with E-state index in [1.165, 1.54) is 19.3 Å². The highest BCUT2D eigenvalue weighted by Crippen LogP contribution is 2.28. The molecule has 2 fully saturated rings. The van der Waals surface area contributed by atoms with Crippen LogP contribution in [0.1, 0.15) is 44.9 Å². The maximum absolute atomic E-state index is 12.4. The lowest BCUT2D eigenvalue weighted by molar-refractivity contribution is -0.130. The standard InChI is InChI=1S/C13H23NO2/c14-12-5-3-1-2-4-11(12)13(15)10-6-8-16-9-7-10/h10-12H,1-9,14H2. The highest BCUT2D eigenvalue weighted by atomic mass is 16.5. The lowest BCUT2D eigenvalue weighted by atomic mass is 9.81. The van der Waals surface area contributed by atoms with Crippen molar-refractivity contribution in [1.82, 2.24) is 0 Å². The molecule has 0 spiro atoms. The van der Waals surface area contributed by atoms with Crippen molar-refractivity contribution < 1.29 is 9.53 Å². The smallest absolute Gasteiger partial charge is 0.140 e. The fraction of sp³-hybridized carbons (Fsp3) is 0.923. The van der Waals surface area contributed by atoms with Crippen LogP contribution in [0.15, 0.2) is 0 Å². The fourth-order valence-corrected chi connectivity index (χ4v) is 2.97. The molecule has 1 saturated carbocycles. The molecule has 0 amide bonds. The molecular formula is C13H23NO2. The number of rotatable bonds is 2. The molecule has 0 bridgehead atoms. The Hall–Kier alpha value is -0.410. The molecule has 1 heterocycles. The molecule has 0 aromatic rings. The Labute approximate surface area is 97.7 Å². The molecule has 0 aromatic heterocycles. The fourth-order valence-electron chi connectivity index (χ4n) is 2.97. The quantitative estimate of drug-likeness (QED) is 0.730. The molecule has 16 heavy (non-hydrogen) atoms. The van der Waals surface area contributed by atoms with Gasteiger partial charge in [0.15, 0.2) is 0 Å². The van der Waals surface area contributed by atoms with E-state index < -0.39 is 0 Å². The average molecular weight is 225 g/mol. The van der Waals surface area contributed by atoms with Crippen LogP contribution in [0.3, 0.4) is 0 Å². The molecule has 2 atom stereocenters. The van der Waals surface area contributed by atoms with Gasteiger partial charge in [0.1, 0.15) is 5.78 Å². The number of carbonyl (C=O) groups excluding carboxylic acids is 1. The second-order valence-corrected chi connectivity index (χ2v) is 5.20. The molecule has 1 aliphatic heterocycles. The third kappa shape index (κ3) is 2.83. The monoisotopic (exact) mass is 225 g/mol. The minimum atomic E-state index is 0.109. The van der Waals surface area contributed by atoms with Gasteiger partial charge in [-0.1, -0.05) is 19.3 Å². The van der Waals surface area contributed by atoms with Gasteiger partial charge in [-0.15, -0.1) is 0 Å². The van der Waals surface area contributed by atoms with Gasteiger partial charge in [0.2, 0.25) is 0 Å². The van der Waals surface area contributed by atoms with Gasteiger partial charge in [0, 0.05) is 31.1 Å². The first-order chi connectivity index (χ1) is 7.79. The molecule has 2 N–H and O–H groups in total. The zero-order valence-corrected chi connectivity index (χ0v) is 9.99. The summed E-state index contributed by atoms with van der Waals surface area (Å²) < 4.78 is 5.31. The van der Waals surface area contributed by atoms with E-state index in [4.69, 9.17) is 10.5 Å². The SMILES string of the molecule is NC1CCCCCC1C(=O)C1CCOCC1. The van der Waals surface area contributed by atoms with Crippen LogP contribution in [-0.2, 0) is 9.53 Å². The van der Waals surface area contributed by atoms with Gasteiger partial charge in [-0.05, 0) is 25.7 Å². The van der Waals surface area contributed by atoms with Crippen molar-refractivity contribution in [2.45, 2.75) is 51.0 Å². The number of hydrogen-bond donors (Lipinski definition) is 1. The zero-order chi connectivity index (χ0) is 11.4. The van der Waals surface area contributed by atoms with Crippen LogP contribution in [-0.4, -0.2) is 25.0 Å². The summed E-state index contributed by atoms with van der Waals surface area (Å²) in [7, 11) is 0. The highest BCUT2D eigenvalue weighted by Gasteiger charge is 2.32. The van der Waals surface area contributed by atoms with Crippen LogP contribution in [0.2, 0.25) is 0 Å². The van der Waals surface area contributed by atoms with E-state index in [1.807, 2.05) is 0 Å². The predicted molar refractivity (Wildman–Crippen MR) is 63.1 cm³/mol. The van der Waals surface area contributed by atoms with E-state index in [0.717, 1.165) is 38.9 Å². The number of nitrogens with two attached hydrogens (primary N) is 1. The Kier molecular flexibility index (Phi) is 4.36. The van der Waals surface area contributed by atoms with Gasteiger partial charge in [-0.25, -0.2) is 0 Å². The lowest BCUT2D eigenvalue weighted by Crippen LogP contribution is -2.39. The topological polar surface area (TPSA) is 52.3 Å². The minimum absolute atomic E-state index is 0.109. The summed E-state index contributed by atoms with van der Waals surface area (Å²) in [6, 6.07) is 0.109. The Morgan fingerprint density at radius 2 is 1.69 bits per heavy atom. The van der Waals surface area contributed by atoms with Gasteiger partial charge in [-0.2, -0.15) is 0 Å². The van der Waals surface area contributed by atoms with Crippen LogP contribution in [0.4, 0.5) is 0 Å². The largest absolute Gasteiger partial charge is 0.381 e. The molecule has 0 radical (unpaired) electrons. The van der Waals surface area contributed by atoms with Gasteiger partial charge < -0.3 is 10.5 Å². The van der Waals surface area contributed by atoms with E-state index in [2.05, 4.69) is 0 Å². The molecule has 1 aliphatic carbocycles. The maximum atomic E-state index is 12.4. The number of Topliss-reactive ketones (excluding diaryl/α,β-unsaturated/α-hetero) is 1. The van der Waals surface area contributed by atoms with Crippen molar-refractivity contribution in [1.29, 1.82) is 0 Å². The number of ether oxygens (including phenoxy) is 1. The summed E-state index contributed by atoms with van der Waals surface area (Å²) in [4.78, 5) is 12.4. The first-order valence-electron chi connectivity index (χ1n) is 6.66. The molecule has 2 rings (SSSR count). The van der Waals surface area contributed by atoms with Gasteiger partial charge in [0.05, 0.1) is 0 Å². The van der Waals surface area contributed by atoms with Crippen LogP contribution >= 0.6 is 0 Å². The number of hydrogen-bond acceptors (Lipinski definition) is 3. The second-order valence-electron chi connectivity index (χ2n) is 5.20. The van der Waals surface area contributed by atoms with Crippen LogP contribution < -0.4 is 5.73 Å². The Morgan fingerprint density at radius 1 is 1.00 bits per heavy atom. The summed E-state index contributed by atoms with van der Waals surface area (Å²) in [6.07, 6.45) is 7.46. The van der Waals surface area contributed by atoms with Crippen molar-refractivity contribution in [3.8, 4) is 0 Å². The van der Waals surface area contributed by atoms with E-state index >= 15 is 0 Å². The van der Waals surface area contributed by atoms with Crippen LogP contribution in [0.5, 0.6) is 0 Å². The molecule has 92 valence electrons. The predicted octanol–water partition coefficient (Wildman–Crippen LogP) is 1.89. The summed E-state index contributed by atoms with van der Waals surface area (Å²) in [5.41, 5.74) is 6.13. The van der Waals surface area contributed by atoms with E-state index in [-0.39, 0.29) is 17.9 Å². The average Bonchev–Trinajstić information content (AvgIpc) is 2.54. The Morgan fingerprint density at radius 3 is 2.44 bits per heavy atom. The van der Waals surface area contributed by atoms with Gasteiger partial charge in [0.25, 0.3) is 0 Å². The highest BCUT2D eigenvalue weighted by molar-refractivity contribution is 5.84. The summed E-state index contributed by atoms with van der Waals surface area (Å²) in [5.74, 6) is 0.784. The molecule has 2 unspecified atom stereocenters.